The van der Waals surface area contributed by atoms with Crippen LogP contribution in [0.4, 0.5) is 16.5 Å². The zero-order chi connectivity index (χ0) is 17.4. The van der Waals surface area contributed by atoms with E-state index in [9.17, 15) is 11.7 Å². The minimum absolute atomic E-state index is 0. The topological polar surface area (TPSA) is 66.4 Å². The first-order valence-corrected chi connectivity index (χ1v) is 12.9. The predicted octanol–water partition coefficient (Wildman–Crippen LogP) is -1.98. The second-order valence-corrected chi connectivity index (χ2v) is 13.2. The van der Waals surface area contributed by atoms with Crippen molar-refractivity contribution in [3.8, 4) is 0 Å². The van der Waals surface area contributed by atoms with E-state index in [-0.39, 0.29) is 151 Å². The number of hydrogen-bond donors (Lipinski definition) is 0. The van der Waals surface area contributed by atoms with Gasteiger partial charge in [-0.1, -0.05) is 48.7 Å². The third-order valence-corrected chi connectivity index (χ3v) is 2.10. The molecule has 0 atom stereocenters. The van der Waals surface area contributed by atoms with Crippen LogP contribution in [0.25, 0.3) is 0 Å². The normalized spacial score (nSPS) is 9.64. The Hall–Kier alpha value is 6.32. The molecular weight excluding hydrogens is 913 g/mol. The third-order valence-electron chi connectivity index (χ3n) is 0.998. The summed E-state index contributed by atoms with van der Waals surface area (Å²) in [6, 6.07) is 0. The molecule has 0 bridgehead atoms. The molecule has 0 aromatic heterocycles. The molecule has 22 heavy (non-hydrogen) atoms. The molecule has 0 aliphatic carbocycles. The zero-order valence-corrected chi connectivity index (χ0v) is 32.8. The molecule has 0 heterocycles. The molecule has 0 aromatic carbocycles. The van der Waals surface area contributed by atoms with Gasteiger partial charge in [0.25, 0.3) is 11.4 Å². The van der Waals surface area contributed by atoms with Crippen LogP contribution in [0.1, 0.15) is 13.8 Å². The number of halogens is 8. The molecule has 0 aliphatic heterocycles. The Morgan fingerprint density at radius 2 is 1.27 bits per heavy atom. The first-order valence-electron chi connectivity index (χ1n) is 4.19. The van der Waals surface area contributed by atoms with E-state index < -0.39 is 21.8 Å². The van der Waals surface area contributed by atoms with Gasteiger partial charge < -0.3 is 15.0 Å². The van der Waals surface area contributed by atoms with Crippen LogP contribution in [0.3, 0.4) is 0 Å². The van der Waals surface area contributed by atoms with Crippen LogP contribution in [-0.4, -0.2) is 27.8 Å². The minimum atomic E-state index is -4.93. The summed E-state index contributed by atoms with van der Waals surface area (Å²) in [6.45, 7) is 3.14. The van der Waals surface area contributed by atoms with Crippen LogP contribution in [-0.2, 0) is 8.46 Å². The molecule has 0 rings (SSSR count). The van der Waals surface area contributed by atoms with Gasteiger partial charge in [-0.15, -0.1) is 11.7 Å². The van der Waals surface area contributed by atoms with Gasteiger partial charge in [-0.25, -0.2) is 0 Å². The molecule has 0 spiro atoms. The summed E-state index contributed by atoms with van der Waals surface area (Å²) in [7, 11) is 1.75. The van der Waals surface area contributed by atoms with Gasteiger partial charge in [-0.05, 0) is 6.16 Å². The summed E-state index contributed by atoms with van der Waals surface area (Å²) >= 11 is 13.8. The van der Waals surface area contributed by atoms with E-state index in [0.29, 0.717) is 4.31 Å². The molecule has 4 nitrogen and oxygen atoms in total. The summed E-state index contributed by atoms with van der Waals surface area (Å²) < 4.78 is 35.0. The summed E-state index contributed by atoms with van der Waals surface area (Å²) in [5, 5.41) is 16.7. The van der Waals surface area contributed by atoms with Gasteiger partial charge in [-0.2, -0.15) is 4.31 Å². The molecule has 0 aromatic rings. The van der Waals surface area contributed by atoms with Gasteiger partial charge in [0.05, 0.1) is 0 Å². The first-order chi connectivity index (χ1) is 8.90. The Morgan fingerprint density at radius 3 is 1.27 bits per heavy atom. The molecule has 0 N–H and O–H groups in total. The maximum absolute atomic E-state index is 11.7. The summed E-state index contributed by atoms with van der Waals surface area (Å²) in [4.78, 5) is 8.33. The van der Waals surface area contributed by atoms with Crippen molar-refractivity contribution in [3.63, 3.8) is 0 Å². The van der Waals surface area contributed by atoms with Gasteiger partial charge in [0.15, 0.2) is 4.30 Å². The second kappa shape index (κ2) is 32.0. The number of rotatable bonds is 3. The molecule has 0 radical (unpaired) electrons. The average molecular weight is 924 g/mol. The molecular formula is C6H11Cl3Cs2CuF3I2NO3S. The molecule has 16 heteroatoms. The molecule has 133 valence electrons. The summed E-state index contributed by atoms with van der Waals surface area (Å²) in [5.74, 6) is 0. The average Bonchev–Trinajstić information content (AvgIpc) is 2.16. The maximum atomic E-state index is 11.7. The number of nitrogens with zero attached hydrogens (tertiary/aromatic N) is 1. The van der Waals surface area contributed by atoms with Crippen molar-refractivity contribution >= 4 is 93.0 Å². The fourth-order valence-electron chi connectivity index (χ4n) is 0.516. The molecule has 0 unspecified atom stereocenters. The second-order valence-electron chi connectivity index (χ2n) is 2.04. The van der Waals surface area contributed by atoms with Crippen molar-refractivity contribution in [2.24, 2.45) is 0 Å². The first kappa shape index (κ1) is 42.4. The van der Waals surface area contributed by atoms with Crippen molar-refractivity contribution < 1.29 is 173 Å². The SMILES string of the molecule is CCN(CC)S(F)(F)F.ClC(Cl)Cl.O=C([O-])[O-].[Cs+].[Cs+].[I][Cu][I]. The van der Waals surface area contributed by atoms with Gasteiger partial charge in [0.2, 0.25) is 0 Å². The third kappa shape index (κ3) is 63.4. The number of alkyl halides is 3. The quantitative estimate of drug-likeness (QED) is 0.187. The van der Waals surface area contributed by atoms with Crippen LogP contribution >= 0.6 is 86.9 Å². The van der Waals surface area contributed by atoms with E-state index in [2.05, 4.69) is 40.7 Å². The number of carboxylic acid groups (broad SMARTS) is 2. The fraction of sp³-hybridized carbons (Fsp3) is 0.833. The molecule has 0 fully saturated rings. The Bertz CT molecular complexity index is 223. The Balaban J connectivity index is -0.0000000422. The van der Waals surface area contributed by atoms with Crippen LogP contribution in [0.5, 0.6) is 0 Å². The van der Waals surface area contributed by atoms with Crippen molar-refractivity contribution in [1.29, 1.82) is 0 Å². The van der Waals surface area contributed by atoms with E-state index in [1.54, 1.807) is 8.46 Å². The molecule has 0 aliphatic rings. The van der Waals surface area contributed by atoms with Crippen LogP contribution < -0.4 is 148 Å². The van der Waals surface area contributed by atoms with Gasteiger partial charge in [0.1, 0.15) is 0 Å². The Morgan fingerprint density at radius 1 is 1.14 bits per heavy atom. The number of hydrogen-bond acceptors (Lipinski definition) is 4. The fourth-order valence-corrected chi connectivity index (χ4v) is 1.10. The summed E-state index contributed by atoms with van der Waals surface area (Å²) in [5.41, 5.74) is 0. The van der Waals surface area contributed by atoms with Crippen molar-refractivity contribution in [2.75, 3.05) is 13.1 Å². The standard InChI is InChI=1S/C4H10F3NS.CHCl3.CH2O3.2Cs.Cu.2HI/c1-3-8(4-2)9(5,6)7;2*2-1(3)4;;;;;/h3-4H2,1-2H3;1H;(H2,2,3,4);;;;2*1H/q;;;2*+1;+2;;/p-4. The van der Waals surface area contributed by atoms with Gasteiger partial charge in [-0.3, -0.25) is 0 Å². The van der Waals surface area contributed by atoms with Crippen molar-refractivity contribution in [2.45, 2.75) is 18.1 Å². The van der Waals surface area contributed by atoms with E-state index >= 15 is 0 Å². The molecule has 0 amide bonds. The van der Waals surface area contributed by atoms with Crippen LogP contribution in [0.15, 0.2) is 0 Å². The van der Waals surface area contributed by atoms with Gasteiger partial charge >= 0.3 is 187 Å². The monoisotopic (exact) mass is 921 g/mol. The van der Waals surface area contributed by atoms with E-state index in [1.165, 1.54) is 13.8 Å². The van der Waals surface area contributed by atoms with E-state index in [4.69, 9.17) is 49.8 Å². The molecule has 0 saturated carbocycles. The predicted molar refractivity (Wildman–Crippen MR) is 88.6 cm³/mol. The van der Waals surface area contributed by atoms with E-state index in [0.717, 1.165) is 0 Å². The van der Waals surface area contributed by atoms with Crippen molar-refractivity contribution in [1.82, 2.24) is 4.31 Å². The van der Waals surface area contributed by atoms with E-state index in [1.807, 2.05) is 0 Å². The Labute approximate surface area is 292 Å². The zero-order valence-electron chi connectivity index (χ0n) is 11.9. The number of carbonyl (C=O) groups excluding carboxylic acids is 1. The van der Waals surface area contributed by atoms with Crippen LogP contribution in [0.2, 0.25) is 0 Å². The number of carbonyl (C=O) groups is 1. The Kier molecular flexibility index (Phi) is 61.7. The van der Waals surface area contributed by atoms with Crippen molar-refractivity contribution in [3.05, 3.63) is 0 Å². The summed E-state index contributed by atoms with van der Waals surface area (Å²) in [6.07, 6.45) is -2.33. The van der Waals surface area contributed by atoms with Crippen LogP contribution in [0, 0.1) is 0 Å². The van der Waals surface area contributed by atoms with Gasteiger partial charge in [0, 0.05) is 13.1 Å². The molecule has 0 saturated heterocycles.